The molecule has 0 N–H and O–H groups in total. The zero-order chi connectivity index (χ0) is 23.8. The molecule has 0 saturated heterocycles. The van der Waals surface area contributed by atoms with Crippen LogP contribution < -0.4 is 0 Å². The number of amides is 2. The van der Waals surface area contributed by atoms with E-state index >= 15 is 0 Å². The molecule has 0 aliphatic heterocycles. The van der Waals surface area contributed by atoms with Crippen LogP contribution in [-0.4, -0.2) is 34.2 Å². The van der Waals surface area contributed by atoms with Gasteiger partial charge in [0.25, 0.3) is 0 Å². The summed E-state index contributed by atoms with van der Waals surface area (Å²) in [4.78, 5) is 30.9. The molecule has 0 bridgehead atoms. The molecule has 2 aromatic carbocycles. The van der Waals surface area contributed by atoms with Gasteiger partial charge in [-0.15, -0.1) is 11.3 Å². The van der Waals surface area contributed by atoms with Gasteiger partial charge in [0.15, 0.2) is 0 Å². The lowest BCUT2D eigenvalue weighted by Crippen LogP contribution is -2.45. The van der Waals surface area contributed by atoms with Crippen LogP contribution in [0.3, 0.4) is 0 Å². The van der Waals surface area contributed by atoms with Crippen LogP contribution in [0.2, 0.25) is 0 Å². The molecule has 3 rings (SSSR count). The maximum Gasteiger partial charge on any atom is 0.242 e. The van der Waals surface area contributed by atoms with E-state index < -0.39 is 0 Å². The van der Waals surface area contributed by atoms with Crippen molar-refractivity contribution >= 4 is 23.2 Å². The summed E-state index contributed by atoms with van der Waals surface area (Å²) < 4.78 is 13.4. The Balaban J connectivity index is 1.72. The number of hydrogen-bond acceptors (Lipinski definition) is 3. The summed E-state index contributed by atoms with van der Waals surface area (Å²) in [5.74, 6) is -0.453. The van der Waals surface area contributed by atoms with Gasteiger partial charge in [0.05, 0.1) is 13.1 Å². The van der Waals surface area contributed by atoms with E-state index in [1.165, 1.54) is 12.1 Å². The van der Waals surface area contributed by atoms with Gasteiger partial charge in [-0.05, 0) is 67.5 Å². The Labute approximate surface area is 199 Å². The molecule has 1 heterocycles. The Hall–Kier alpha value is -2.99. The van der Waals surface area contributed by atoms with Crippen LogP contribution in [0.5, 0.6) is 0 Å². The molecule has 174 valence electrons. The number of benzene rings is 2. The van der Waals surface area contributed by atoms with Crippen molar-refractivity contribution in [3.63, 3.8) is 0 Å². The molecular formula is C27H31FN2O2S. The maximum atomic E-state index is 13.4. The van der Waals surface area contributed by atoms with Gasteiger partial charge in [-0.3, -0.25) is 9.59 Å². The van der Waals surface area contributed by atoms with Crippen LogP contribution in [0, 0.1) is 12.7 Å². The molecule has 0 radical (unpaired) electrons. The number of hydrogen-bond donors (Lipinski definition) is 0. The van der Waals surface area contributed by atoms with E-state index in [4.69, 9.17) is 0 Å². The van der Waals surface area contributed by atoms with Crippen molar-refractivity contribution in [2.45, 2.75) is 52.7 Å². The summed E-state index contributed by atoms with van der Waals surface area (Å²) in [6.07, 6.45) is 1.00. The fraction of sp³-hybridized carbons (Fsp3) is 0.333. The van der Waals surface area contributed by atoms with E-state index in [9.17, 15) is 14.0 Å². The van der Waals surface area contributed by atoms with Crippen molar-refractivity contribution in [2.75, 3.05) is 6.54 Å². The second kappa shape index (κ2) is 11.8. The Bertz CT molecular complexity index is 1050. The Morgan fingerprint density at radius 1 is 0.909 bits per heavy atom. The zero-order valence-electron chi connectivity index (χ0n) is 19.5. The SMILES string of the molecule is Cc1ccsc1CN(Cc1ccc(F)cc1)C(=O)CN(C(=O)CCc1ccccc1)C(C)C. The summed E-state index contributed by atoms with van der Waals surface area (Å²) in [5, 5.41) is 2.01. The molecule has 0 aliphatic rings. The highest BCUT2D eigenvalue weighted by molar-refractivity contribution is 7.10. The highest BCUT2D eigenvalue weighted by Gasteiger charge is 2.24. The van der Waals surface area contributed by atoms with E-state index in [0.29, 0.717) is 25.9 Å². The van der Waals surface area contributed by atoms with Gasteiger partial charge in [0.1, 0.15) is 5.82 Å². The van der Waals surface area contributed by atoms with Gasteiger partial charge in [-0.1, -0.05) is 42.5 Å². The predicted octanol–water partition coefficient (Wildman–Crippen LogP) is 5.59. The predicted molar refractivity (Wildman–Crippen MR) is 131 cm³/mol. The van der Waals surface area contributed by atoms with Gasteiger partial charge in [0.2, 0.25) is 11.8 Å². The first kappa shape index (κ1) is 24.6. The standard InChI is InChI=1S/C27H31FN2O2S/c1-20(2)30(26(31)14-11-22-7-5-4-6-8-22)19-27(32)29(18-25-21(3)15-16-33-25)17-23-9-12-24(28)13-10-23/h4-10,12-13,15-16,20H,11,14,17-19H2,1-3H3. The van der Waals surface area contributed by atoms with Crippen LogP contribution in [0.15, 0.2) is 66.0 Å². The Morgan fingerprint density at radius 2 is 1.61 bits per heavy atom. The van der Waals surface area contributed by atoms with Crippen LogP contribution in [-0.2, 0) is 29.1 Å². The van der Waals surface area contributed by atoms with Gasteiger partial charge in [-0.2, -0.15) is 0 Å². The first-order chi connectivity index (χ1) is 15.8. The first-order valence-corrected chi connectivity index (χ1v) is 12.1. The number of aryl methyl sites for hydroxylation is 2. The van der Waals surface area contributed by atoms with Crippen molar-refractivity contribution in [3.05, 3.63) is 93.4 Å². The molecule has 0 saturated carbocycles. The number of carbonyl (C=O) groups excluding carboxylic acids is 2. The topological polar surface area (TPSA) is 40.6 Å². The first-order valence-electron chi connectivity index (χ1n) is 11.2. The molecule has 0 aliphatic carbocycles. The van der Waals surface area contributed by atoms with Crippen LogP contribution >= 0.6 is 11.3 Å². The van der Waals surface area contributed by atoms with Crippen molar-refractivity contribution in [3.8, 4) is 0 Å². The summed E-state index contributed by atoms with van der Waals surface area (Å²) in [5.41, 5.74) is 3.09. The smallest absolute Gasteiger partial charge is 0.242 e. The van der Waals surface area contributed by atoms with Crippen molar-refractivity contribution in [2.24, 2.45) is 0 Å². The lowest BCUT2D eigenvalue weighted by Gasteiger charge is -2.30. The molecule has 0 fully saturated rings. The highest BCUT2D eigenvalue weighted by Crippen LogP contribution is 2.20. The monoisotopic (exact) mass is 466 g/mol. The van der Waals surface area contributed by atoms with Crippen molar-refractivity contribution < 1.29 is 14.0 Å². The zero-order valence-corrected chi connectivity index (χ0v) is 20.3. The van der Waals surface area contributed by atoms with E-state index in [2.05, 4.69) is 0 Å². The van der Waals surface area contributed by atoms with Crippen molar-refractivity contribution in [1.29, 1.82) is 0 Å². The number of carbonyl (C=O) groups is 2. The number of halogens is 1. The number of nitrogens with zero attached hydrogens (tertiary/aromatic N) is 2. The van der Waals surface area contributed by atoms with E-state index in [1.54, 1.807) is 33.3 Å². The maximum absolute atomic E-state index is 13.4. The molecule has 6 heteroatoms. The molecule has 0 atom stereocenters. The highest BCUT2D eigenvalue weighted by atomic mass is 32.1. The lowest BCUT2D eigenvalue weighted by atomic mass is 10.1. The Kier molecular flexibility index (Phi) is 8.78. The summed E-state index contributed by atoms with van der Waals surface area (Å²) in [6.45, 7) is 6.74. The fourth-order valence-electron chi connectivity index (χ4n) is 3.63. The minimum atomic E-state index is -0.305. The average molecular weight is 467 g/mol. The van der Waals surface area contributed by atoms with Gasteiger partial charge in [0, 0.05) is 23.9 Å². The largest absolute Gasteiger partial charge is 0.332 e. The van der Waals surface area contributed by atoms with E-state index in [1.807, 2.05) is 62.5 Å². The normalized spacial score (nSPS) is 10.9. The molecule has 3 aromatic rings. The van der Waals surface area contributed by atoms with Gasteiger partial charge < -0.3 is 9.80 Å². The summed E-state index contributed by atoms with van der Waals surface area (Å²) in [6, 6.07) is 18.0. The third-order valence-corrected chi connectivity index (χ3v) is 6.67. The molecule has 1 aromatic heterocycles. The minimum absolute atomic E-state index is 0.0247. The van der Waals surface area contributed by atoms with Gasteiger partial charge >= 0.3 is 0 Å². The van der Waals surface area contributed by atoms with E-state index in [-0.39, 0.29) is 30.2 Å². The van der Waals surface area contributed by atoms with Crippen LogP contribution in [0.4, 0.5) is 4.39 Å². The number of thiophene rings is 1. The minimum Gasteiger partial charge on any atom is -0.332 e. The average Bonchev–Trinajstić information content (AvgIpc) is 3.21. The molecule has 2 amide bonds. The molecule has 0 unspecified atom stereocenters. The van der Waals surface area contributed by atoms with Gasteiger partial charge in [-0.25, -0.2) is 4.39 Å². The third kappa shape index (κ3) is 7.26. The summed E-state index contributed by atoms with van der Waals surface area (Å²) >= 11 is 1.61. The quantitative estimate of drug-likeness (QED) is 0.391. The molecule has 0 spiro atoms. The van der Waals surface area contributed by atoms with Crippen LogP contribution in [0.1, 0.15) is 41.8 Å². The molecule has 33 heavy (non-hydrogen) atoms. The van der Waals surface area contributed by atoms with E-state index in [0.717, 1.165) is 21.6 Å². The second-order valence-corrected chi connectivity index (χ2v) is 9.50. The van der Waals surface area contributed by atoms with Crippen LogP contribution in [0.25, 0.3) is 0 Å². The molecule has 4 nitrogen and oxygen atoms in total. The second-order valence-electron chi connectivity index (χ2n) is 8.50. The third-order valence-electron chi connectivity index (χ3n) is 5.66. The number of rotatable bonds is 10. The Morgan fingerprint density at radius 3 is 2.21 bits per heavy atom. The summed E-state index contributed by atoms with van der Waals surface area (Å²) in [7, 11) is 0. The fourth-order valence-corrected chi connectivity index (χ4v) is 4.55. The van der Waals surface area contributed by atoms with Crippen molar-refractivity contribution in [1.82, 2.24) is 9.80 Å². The molecular weight excluding hydrogens is 435 g/mol. The lowest BCUT2D eigenvalue weighted by molar-refractivity contribution is -0.142.